The lowest BCUT2D eigenvalue weighted by atomic mass is 10.1. The Morgan fingerprint density at radius 2 is 1.65 bits per heavy atom. The van der Waals surface area contributed by atoms with E-state index in [1.54, 1.807) is 12.1 Å². The van der Waals surface area contributed by atoms with Gasteiger partial charge < -0.3 is 9.64 Å². The monoisotopic (exact) mass is 504 g/mol. The zero-order valence-corrected chi connectivity index (χ0v) is 20.2. The predicted octanol–water partition coefficient (Wildman–Crippen LogP) is 4.15. The summed E-state index contributed by atoms with van der Waals surface area (Å²) >= 11 is 0. The first-order valence-corrected chi connectivity index (χ1v) is 13.0. The molecule has 1 aromatic carbocycles. The van der Waals surface area contributed by atoms with Crippen molar-refractivity contribution in [3.8, 4) is 0 Å². The first-order chi connectivity index (χ1) is 15.9. The Morgan fingerprint density at radius 3 is 2.21 bits per heavy atom. The van der Waals surface area contributed by atoms with E-state index in [1.165, 1.54) is 16.4 Å². The molecule has 2 fully saturated rings. The number of nitrogens with zero attached hydrogens (tertiary/aromatic N) is 2. The maximum absolute atomic E-state index is 13.5. The number of ether oxygens (including phenoxy) is 1. The summed E-state index contributed by atoms with van der Waals surface area (Å²) in [6.07, 6.45) is -6.08. The van der Waals surface area contributed by atoms with Gasteiger partial charge >= 0.3 is 12.3 Å². The summed E-state index contributed by atoms with van der Waals surface area (Å²) in [7, 11) is -3.79. The fraction of sp³-hybridized carbons (Fsp3) is 0.652. The molecule has 190 valence electrons. The van der Waals surface area contributed by atoms with Crippen molar-refractivity contribution in [2.24, 2.45) is 11.8 Å². The van der Waals surface area contributed by atoms with Crippen LogP contribution in [0.2, 0.25) is 0 Å². The van der Waals surface area contributed by atoms with Crippen molar-refractivity contribution in [1.29, 1.82) is 0 Å². The Hall–Kier alpha value is -2.14. The summed E-state index contributed by atoms with van der Waals surface area (Å²) in [6.45, 7) is 3.42. The summed E-state index contributed by atoms with van der Waals surface area (Å²) in [5.41, 5.74) is 0.901. The highest BCUT2D eigenvalue weighted by Crippen LogP contribution is 2.45. The normalized spacial score (nSPS) is 22.3. The summed E-state index contributed by atoms with van der Waals surface area (Å²) in [6, 6.07) is 6.30. The predicted molar refractivity (Wildman–Crippen MR) is 119 cm³/mol. The van der Waals surface area contributed by atoms with Crippen molar-refractivity contribution in [2.45, 2.75) is 63.1 Å². The molecule has 2 aliphatic rings. The minimum Gasteiger partial charge on any atom is -0.428 e. The first-order valence-electron chi connectivity index (χ1n) is 11.5. The third-order valence-corrected chi connectivity index (χ3v) is 8.37. The molecule has 11 heteroatoms. The minimum atomic E-state index is -5.00. The number of sulfonamides is 1. The number of piperazine rings is 1. The van der Waals surface area contributed by atoms with Crippen LogP contribution in [0.25, 0.3) is 0 Å². The molecule has 7 nitrogen and oxygen atoms in total. The van der Waals surface area contributed by atoms with Crippen LogP contribution in [-0.4, -0.2) is 68.0 Å². The second-order valence-electron chi connectivity index (χ2n) is 9.06. The standard InChI is InChI=1S/C23H31F3N2O5S/c1-3-4-17-15-18(17)7-10-20(29)21(23(24,25)26)33-22(30)27-11-13-28(14-12-27)34(31,32)19-8-5-16(2)6-9-19/h5-6,8-9,17-18,21H,3-4,7,10-15H2,1-2H3. The molecule has 1 heterocycles. The number of Topliss-reactive ketones (excluding diaryl/α,β-unsaturated/α-hetero) is 1. The lowest BCUT2D eigenvalue weighted by Crippen LogP contribution is -2.52. The number of ketones is 1. The number of hydrogen-bond donors (Lipinski definition) is 0. The molecule has 1 saturated heterocycles. The number of carbonyl (C=O) groups is 2. The second kappa shape index (κ2) is 10.6. The van der Waals surface area contributed by atoms with Gasteiger partial charge in [0.25, 0.3) is 6.10 Å². The van der Waals surface area contributed by atoms with Crippen LogP contribution >= 0.6 is 0 Å². The fourth-order valence-corrected chi connectivity index (χ4v) is 5.73. The van der Waals surface area contributed by atoms with Crippen LogP contribution in [-0.2, 0) is 19.6 Å². The van der Waals surface area contributed by atoms with E-state index >= 15 is 0 Å². The largest absolute Gasteiger partial charge is 0.432 e. The van der Waals surface area contributed by atoms with Gasteiger partial charge in [0, 0.05) is 32.6 Å². The van der Waals surface area contributed by atoms with Gasteiger partial charge in [-0.2, -0.15) is 17.5 Å². The number of benzene rings is 1. The summed E-state index contributed by atoms with van der Waals surface area (Å²) in [5, 5.41) is 0. The van der Waals surface area contributed by atoms with Crippen LogP contribution in [0.15, 0.2) is 29.2 Å². The summed E-state index contributed by atoms with van der Waals surface area (Å²) < 4.78 is 71.7. The van der Waals surface area contributed by atoms with Crippen LogP contribution in [0.1, 0.15) is 44.6 Å². The number of halogens is 3. The van der Waals surface area contributed by atoms with Crippen molar-refractivity contribution >= 4 is 21.9 Å². The molecule has 1 aliphatic carbocycles. The molecule has 1 amide bonds. The molecule has 3 unspecified atom stereocenters. The topological polar surface area (TPSA) is 84.0 Å². The molecule has 1 aromatic rings. The Bertz CT molecular complexity index is 973. The molecular formula is C23H31F3N2O5S. The van der Waals surface area contributed by atoms with Crippen molar-refractivity contribution in [1.82, 2.24) is 9.21 Å². The van der Waals surface area contributed by atoms with Crippen LogP contribution in [0.5, 0.6) is 0 Å². The average molecular weight is 505 g/mol. The van der Waals surface area contributed by atoms with E-state index in [4.69, 9.17) is 0 Å². The van der Waals surface area contributed by atoms with E-state index < -0.39 is 34.2 Å². The van der Waals surface area contributed by atoms with Crippen LogP contribution in [0, 0.1) is 18.8 Å². The number of hydrogen-bond acceptors (Lipinski definition) is 5. The number of amides is 1. The molecule has 0 radical (unpaired) electrons. The molecule has 0 N–H and O–H groups in total. The zero-order chi connectivity index (χ0) is 25.1. The highest BCUT2D eigenvalue weighted by Gasteiger charge is 2.49. The van der Waals surface area contributed by atoms with Gasteiger partial charge in [0.05, 0.1) is 4.90 Å². The van der Waals surface area contributed by atoms with Gasteiger partial charge in [-0.15, -0.1) is 0 Å². The Kier molecular flexibility index (Phi) is 8.28. The van der Waals surface area contributed by atoms with Crippen molar-refractivity contribution in [2.75, 3.05) is 26.2 Å². The number of aryl methyl sites for hydroxylation is 1. The lowest BCUT2D eigenvalue weighted by Gasteiger charge is -2.34. The van der Waals surface area contributed by atoms with Gasteiger partial charge in [0.15, 0.2) is 5.78 Å². The molecule has 1 saturated carbocycles. The van der Waals surface area contributed by atoms with Crippen molar-refractivity contribution in [3.05, 3.63) is 29.8 Å². The smallest absolute Gasteiger partial charge is 0.428 e. The molecule has 3 atom stereocenters. The number of rotatable bonds is 9. The van der Waals surface area contributed by atoms with Gasteiger partial charge in [-0.05, 0) is 43.7 Å². The van der Waals surface area contributed by atoms with E-state index in [2.05, 4.69) is 4.74 Å². The zero-order valence-electron chi connectivity index (χ0n) is 19.4. The molecule has 0 bridgehead atoms. The Morgan fingerprint density at radius 1 is 1.06 bits per heavy atom. The molecule has 34 heavy (non-hydrogen) atoms. The molecular weight excluding hydrogens is 473 g/mol. The Labute approximate surface area is 198 Å². The molecule has 0 spiro atoms. The number of carbonyl (C=O) groups excluding carboxylic acids is 2. The summed E-state index contributed by atoms with van der Waals surface area (Å²) in [4.78, 5) is 25.8. The molecule has 3 rings (SSSR count). The highest BCUT2D eigenvalue weighted by molar-refractivity contribution is 7.89. The number of alkyl halides is 3. The van der Waals surface area contributed by atoms with Crippen LogP contribution < -0.4 is 0 Å². The quantitative estimate of drug-likeness (QED) is 0.505. The SMILES string of the molecule is CCCC1CC1CCC(=O)C(OC(=O)N1CCN(S(=O)(=O)c2ccc(C)cc2)CC1)C(F)(F)F. The first kappa shape index (κ1) is 26.5. The maximum Gasteiger partial charge on any atom is 0.432 e. The van der Waals surface area contributed by atoms with Crippen molar-refractivity contribution in [3.63, 3.8) is 0 Å². The average Bonchev–Trinajstić information content (AvgIpc) is 3.53. The molecule has 0 aromatic heterocycles. The van der Waals surface area contributed by atoms with E-state index in [0.717, 1.165) is 29.7 Å². The van der Waals surface area contributed by atoms with Crippen LogP contribution in [0.4, 0.5) is 18.0 Å². The van der Waals surface area contributed by atoms with E-state index in [9.17, 15) is 31.2 Å². The lowest BCUT2D eigenvalue weighted by molar-refractivity contribution is -0.205. The van der Waals surface area contributed by atoms with Gasteiger partial charge in [0.2, 0.25) is 10.0 Å². The van der Waals surface area contributed by atoms with Crippen molar-refractivity contribution < 1.29 is 35.9 Å². The second-order valence-corrected chi connectivity index (χ2v) is 11.0. The fourth-order valence-electron chi connectivity index (χ4n) is 4.31. The maximum atomic E-state index is 13.5. The third kappa shape index (κ3) is 6.50. The Balaban J connectivity index is 1.54. The van der Waals surface area contributed by atoms with E-state index in [1.807, 2.05) is 13.8 Å². The van der Waals surface area contributed by atoms with Gasteiger partial charge in [-0.25, -0.2) is 13.2 Å². The highest BCUT2D eigenvalue weighted by atomic mass is 32.2. The molecule has 1 aliphatic heterocycles. The van der Waals surface area contributed by atoms with Gasteiger partial charge in [-0.1, -0.05) is 37.5 Å². The van der Waals surface area contributed by atoms with Gasteiger partial charge in [-0.3, -0.25) is 4.79 Å². The summed E-state index contributed by atoms with van der Waals surface area (Å²) in [5.74, 6) is -0.419. The minimum absolute atomic E-state index is 0.0869. The van der Waals surface area contributed by atoms with E-state index in [-0.39, 0.29) is 43.4 Å². The van der Waals surface area contributed by atoms with Crippen LogP contribution in [0.3, 0.4) is 0 Å². The van der Waals surface area contributed by atoms with Gasteiger partial charge in [0.1, 0.15) is 0 Å². The third-order valence-electron chi connectivity index (χ3n) is 6.45. The van der Waals surface area contributed by atoms with E-state index in [0.29, 0.717) is 12.3 Å².